The number of carbonyl (C=O) groups excluding carboxylic acids is 2. The van der Waals surface area contributed by atoms with Gasteiger partial charge >= 0.3 is 0 Å². The van der Waals surface area contributed by atoms with Gasteiger partial charge in [0.25, 0.3) is 5.91 Å². The number of aromatic nitrogens is 2. The van der Waals surface area contributed by atoms with E-state index in [0.717, 1.165) is 33.7 Å². The highest BCUT2D eigenvalue weighted by atomic mass is 32.2. The van der Waals surface area contributed by atoms with Gasteiger partial charge in [0.05, 0.1) is 23.9 Å². The summed E-state index contributed by atoms with van der Waals surface area (Å²) < 4.78 is 32.6. The van der Waals surface area contributed by atoms with Crippen LogP contribution in [0.1, 0.15) is 27.0 Å². The molecule has 0 saturated carbocycles. The maximum absolute atomic E-state index is 12.7. The molecular weight excluding hydrogens is 534 g/mol. The highest BCUT2D eigenvalue weighted by Crippen LogP contribution is 2.27. The second-order valence-corrected chi connectivity index (χ2v) is 12.6. The number of hydrogen-bond donors (Lipinski definition) is 2. The number of rotatable bonds is 8. The first-order valence-corrected chi connectivity index (χ1v) is 14.7. The average molecular weight is 562 g/mol. The smallest absolute Gasteiger partial charge is 0.257 e. The van der Waals surface area contributed by atoms with E-state index in [1.54, 1.807) is 0 Å². The van der Waals surface area contributed by atoms with Crippen LogP contribution in [0.25, 0.3) is 0 Å². The van der Waals surface area contributed by atoms with Crippen LogP contribution in [-0.2, 0) is 19.6 Å². The van der Waals surface area contributed by atoms with E-state index in [1.807, 2.05) is 32.9 Å². The number of nitrogens with one attached hydrogen (secondary N) is 2. The molecule has 0 atom stereocenters. The van der Waals surface area contributed by atoms with Gasteiger partial charge in [-0.25, -0.2) is 8.42 Å². The van der Waals surface area contributed by atoms with Crippen LogP contribution in [-0.4, -0.2) is 66.8 Å². The first-order valence-electron chi connectivity index (χ1n) is 11.5. The molecule has 2 amide bonds. The maximum atomic E-state index is 12.7. The summed E-state index contributed by atoms with van der Waals surface area (Å²) in [5.74, 6) is -0.451. The summed E-state index contributed by atoms with van der Waals surface area (Å²) in [4.78, 5) is 25.2. The average Bonchev–Trinajstić information content (AvgIpc) is 3.32. The lowest BCUT2D eigenvalue weighted by Crippen LogP contribution is -2.40. The Morgan fingerprint density at radius 2 is 1.68 bits per heavy atom. The SMILES string of the molecule is Cc1cc(C)c(NC(=O)CSc2nnc(NC(=O)c3ccc(S(=O)(=O)N4CCOCC4)cc3)s2)c(C)c1. The molecule has 2 heterocycles. The topological polar surface area (TPSA) is 131 Å². The van der Waals surface area contributed by atoms with Gasteiger partial charge in [-0.2, -0.15) is 4.31 Å². The van der Waals surface area contributed by atoms with Crippen molar-refractivity contribution in [3.05, 3.63) is 58.7 Å². The molecule has 0 bridgehead atoms. The van der Waals surface area contributed by atoms with Crippen LogP contribution in [0, 0.1) is 20.8 Å². The number of carbonyl (C=O) groups is 2. The van der Waals surface area contributed by atoms with Gasteiger partial charge in [-0.3, -0.25) is 14.9 Å². The number of hydrogen-bond acceptors (Lipinski definition) is 9. The molecule has 1 aromatic heterocycles. The van der Waals surface area contributed by atoms with E-state index in [4.69, 9.17) is 4.74 Å². The normalized spacial score (nSPS) is 14.4. The first-order chi connectivity index (χ1) is 17.6. The maximum Gasteiger partial charge on any atom is 0.257 e. The molecule has 13 heteroatoms. The molecule has 0 unspecified atom stereocenters. The van der Waals surface area contributed by atoms with E-state index >= 15 is 0 Å². The zero-order chi connectivity index (χ0) is 26.6. The number of anilines is 2. The van der Waals surface area contributed by atoms with Gasteiger partial charge in [0, 0.05) is 24.3 Å². The molecule has 1 aliphatic heterocycles. The van der Waals surface area contributed by atoms with E-state index < -0.39 is 15.9 Å². The molecule has 37 heavy (non-hydrogen) atoms. The summed E-state index contributed by atoms with van der Waals surface area (Å²) in [6.07, 6.45) is 0. The predicted octanol–water partition coefficient (Wildman–Crippen LogP) is 3.47. The van der Waals surface area contributed by atoms with Crippen molar-refractivity contribution >= 4 is 55.8 Å². The standard InChI is InChI=1S/C24H27N5O5S3/c1-15-12-16(2)21(17(3)13-15)25-20(30)14-35-24-28-27-23(36-24)26-22(31)18-4-6-19(7-5-18)37(32,33)29-8-10-34-11-9-29/h4-7,12-13H,8-11,14H2,1-3H3,(H,25,30)(H,26,27,31). The van der Waals surface area contributed by atoms with Gasteiger partial charge in [-0.15, -0.1) is 10.2 Å². The van der Waals surface area contributed by atoms with Gasteiger partial charge in [-0.1, -0.05) is 40.8 Å². The van der Waals surface area contributed by atoms with Gasteiger partial charge < -0.3 is 10.1 Å². The van der Waals surface area contributed by atoms with E-state index in [-0.39, 0.29) is 27.3 Å². The Labute approximate surface area is 223 Å². The Bertz CT molecular complexity index is 1380. The molecule has 0 spiro atoms. The van der Waals surface area contributed by atoms with Gasteiger partial charge in [0.15, 0.2) is 4.34 Å². The Kier molecular flexibility index (Phi) is 8.60. The summed E-state index contributed by atoms with van der Waals surface area (Å²) in [6, 6.07) is 9.78. The van der Waals surface area contributed by atoms with Crippen molar-refractivity contribution in [2.45, 2.75) is 30.0 Å². The predicted molar refractivity (Wildman–Crippen MR) is 144 cm³/mol. The number of aryl methyl sites for hydroxylation is 3. The summed E-state index contributed by atoms with van der Waals surface area (Å²) in [5.41, 5.74) is 4.24. The second-order valence-electron chi connectivity index (χ2n) is 8.48. The number of ether oxygens (including phenoxy) is 1. The molecule has 2 aromatic carbocycles. The molecule has 2 N–H and O–H groups in total. The monoisotopic (exact) mass is 561 g/mol. The van der Waals surface area contributed by atoms with Gasteiger partial charge in [-0.05, 0) is 56.2 Å². The zero-order valence-electron chi connectivity index (χ0n) is 20.6. The Hall–Kier alpha value is -2.84. The Morgan fingerprint density at radius 1 is 1.03 bits per heavy atom. The van der Waals surface area contributed by atoms with Crippen molar-refractivity contribution in [2.75, 3.05) is 42.7 Å². The van der Waals surface area contributed by atoms with Crippen molar-refractivity contribution in [2.24, 2.45) is 0 Å². The molecule has 1 aliphatic rings. The number of morpholine rings is 1. The molecular formula is C24H27N5O5S3. The first kappa shape index (κ1) is 27.2. The second kappa shape index (κ2) is 11.7. The summed E-state index contributed by atoms with van der Waals surface area (Å²) in [5, 5.41) is 13.9. The molecule has 1 fully saturated rings. The number of thioether (sulfide) groups is 1. The van der Waals surface area contributed by atoms with E-state index in [9.17, 15) is 18.0 Å². The third-order valence-electron chi connectivity index (χ3n) is 5.62. The minimum atomic E-state index is -3.63. The Balaban J connectivity index is 1.31. The quantitative estimate of drug-likeness (QED) is 0.316. The highest BCUT2D eigenvalue weighted by Gasteiger charge is 2.26. The minimum absolute atomic E-state index is 0.120. The van der Waals surface area contributed by atoms with Gasteiger partial charge in [0.2, 0.25) is 21.1 Å². The molecule has 4 rings (SSSR count). The van der Waals surface area contributed by atoms with Crippen LogP contribution in [0.15, 0.2) is 45.6 Å². The highest BCUT2D eigenvalue weighted by molar-refractivity contribution is 8.01. The van der Waals surface area contributed by atoms with Crippen LogP contribution in [0.4, 0.5) is 10.8 Å². The van der Waals surface area contributed by atoms with Crippen LogP contribution in [0.5, 0.6) is 0 Å². The number of amides is 2. The van der Waals surface area contributed by atoms with Gasteiger partial charge in [0.1, 0.15) is 0 Å². The van der Waals surface area contributed by atoms with E-state index in [0.29, 0.717) is 30.6 Å². The van der Waals surface area contributed by atoms with Crippen molar-refractivity contribution in [3.8, 4) is 0 Å². The molecule has 1 saturated heterocycles. The van der Waals surface area contributed by atoms with Crippen LogP contribution in [0.3, 0.4) is 0 Å². The van der Waals surface area contributed by atoms with E-state index in [1.165, 1.54) is 40.3 Å². The fraction of sp³-hybridized carbons (Fsp3) is 0.333. The zero-order valence-corrected chi connectivity index (χ0v) is 23.1. The third-order valence-corrected chi connectivity index (χ3v) is 9.50. The minimum Gasteiger partial charge on any atom is -0.379 e. The van der Waals surface area contributed by atoms with Crippen molar-refractivity contribution in [1.29, 1.82) is 0 Å². The lowest BCUT2D eigenvalue weighted by atomic mass is 10.1. The lowest BCUT2D eigenvalue weighted by Gasteiger charge is -2.26. The molecule has 10 nitrogen and oxygen atoms in total. The molecule has 0 aliphatic carbocycles. The molecule has 196 valence electrons. The summed E-state index contributed by atoms with van der Waals surface area (Å²) in [6.45, 7) is 7.25. The summed E-state index contributed by atoms with van der Waals surface area (Å²) >= 11 is 2.38. The fourth-order valence-corrected chi connectivity index (χ4v) is 6.84. The third kappa shape index (κ3) is 6.73. The van der Waals surface area contributed by atoms with Crippen LogP contribution in [0.2, 0.25) is 0 Å². The van der Waals surface area contributed by atoms with Crippen molar-refractivity contribution < 1.29 is 22.7 Å². The largest absolute Gasteiger partial charge is 0.379 e. The fourth-order valence-electron chi connectivity index (χ4n) is 3.88. The van der Waals surface area contributed by atoms with E-state index in [2.05, 4.69) is 20.8 Å². The van der Waals surface area contributed by atoms with Crippen LogP contribution < -0.4 is 10.6 Å². The summed E-state index contributed by atoms with van der Waals surface area (Å²) in [7, 11) is -3.63. The van der Waals surface area contributed by atoms with Crippen molar-refractivity contribution in [1.82, 2.24) is 14.5 Å². The lowest BCUT2D eigenvalue weighted by molar-refractivity contribution is -0.113. The number of sulfonamides is 1. The van der Waals surface area contributed by atoms with Crippen molar-refractivity contribution in [3.63, 3.8) is 0 Å². The number of benzene rings is 2. The number of nitrogens with zero attached hydrogens (tertiary/aromatic N) is 3. The molecule has 3 aromatic rings. The van der Waals surface area contributed by atoms with Crippen LogP contribution >= 0.6 is 23.1 Å². The molecule has 0 radical (unpaired) electrons. The Morgan fingerprint density at radius 3 is 2.32 bits per heavy atom.